The van der Waals surface area contributed by atoms with Crippen molar-refractivity contribution in [3.63, 3.8) is 0 Å². The minimum absolute atomic E-state index is 0.191. The average molecular weight is 363 g/mol. The molecule has 0 unspecified atom stereocenters. The van der Waals surface area contributed by atoms with Crippen molar-refractivity contribution in [2.45, 2.75) is 37.3 Å². The molecule has 2 heterocycles. The lowest BCUT2D eigenvalue weighted by Gasteiger charge is -2.19. The van der Waals surface area contributed by atoms with E-state index < -0.39 is 22.0 Å². The molecule has 2 atom stereocenters. The van der Waals surface area contributed by atoms with Crippen LogP contribution >= 0.6 is 0 Å². The van der Waals surface area contributed by atoms with Gasteiger partial charge in [-0.05, 0) is 37.3 Å². The molecule has 1 amide bonds. The number of hydrogen-bond acceptors (Lipinski definition) is 5. The van der Waals surface area contributed by atoms with Crippen LogP contribution in [0.3, 0.4) is 0 Å². The second-order valence-corrected chi connectivity index (χ2v) is 8.25. The third-order valence-electron chi connectivity index (χ3n) is 4.46. The van der Waals surface area contributed by atoms with Gasteiger partial charge >= 0.3 is 0 Å². The Kier molecular flexibility index (Phi) is 4.77. The number of benzene rings is 1. The Morgan fingerprint density at radius 1 is 1.36 bits per heavy atom. The van der Waals surface area contributed by atoms with Gasteiger partial charge < -0.3 is 10.4 Å². The molecule has 1 aromatic heterocycles. The van der Waals surface area contributed by atoms with Crippen molar-refractivity contribution in [3.05, 3.63) is 36.2 Å². The second kappa shape index (κ2) is 6.70. The van der Waals surface area contributed by atoms with E-state index in [1.165, 1.54) is 11.2 Å². The highest BCUT2D eigenvalue weighted by Gasteiger charge is 2.34. The molecule has 0 saturated carbocycles. The number of carbonyl (C=O) groups is 1. The summed E-state index contributed by atoms with van der Waals surface area (Å²) in [5.74, 6) is -0.491. The number of sulfonamides is 1. The standard InChI is InChI=1S/C17H21N3O4S/c1-11-8-18-9-15-14(11)4-3-5-16(15)25(23,24)20-7-6-13(10-20)19-17(22)12(2)21/h3-5,8-9,12-13,21H,6-7,10H2,1-2H3,(H,19,22)/t12-,13+/m1/s1. The molecule has 1 aromatic carbocycles. The van der Waals surface area contributed by atoms with E-state index in [1.807, 2.05) is 13.0 Å². The molecule has 1 saturated heterocycles. The molecule has 1 fully saturated rings. The molecule has 134 valence electrons. The second-order valence-electron chi connectivity index (χ2n) is 6.34. The van der Waals surface area contributed by atoms with Crippen LogP contribution in [0.2, 0.25) is 0 Å². The van der Waals surface area contributed by atoms with Gasteiger partial charge in [0, 0.05) is 36.9 Å². The highest BCUT2D eigenvalue weighted by atomic mass is 32.2. The van der Waals surface area contributed by atoms with Gasteiger partial charge in [0.25, 0.3) is 0 Å². The zero-order valence-electron chi connectivity index (χ0n) is 14.1. The molecule has 0 spiro atoms. The van der Waals surface area contributed by atoms with Crippen LogP contribution in [0.15, 0.2) is 35.5 Å². The number of aromatic nitrogens is 1. The van der Waals surface area contributed by atoms with E-state index in [1.54, 1.807) is 24.5 Å². The SMILES string of the molecule is Cc1cncc2c(S(=O)(=O)N3CC[C@H](NC(=O)[C@@H](C)O)C3)cccc12. The van der Waals surface area contributed by atoms with Crippen molar-refractivity contribution in [3.8, 4) is 0 Å². The molecule has 8 heteroatoms. The molecule has 0 bridgehead atoms. The van der Waals surface area contributed by atoms with E-state index in [0.29, 0.717) is 18.4 Å². The van der Waals surface area contributed by atoms with Gasteiger partial charge in [-0.1, -0.05) is 12.1 Å². The summed E-state index contributed by atoms with van der Waals surface area (Å²) in [5.41, 5.74) is 0.915. The van der Waals surface area contributed by atoms with E-state index in [0.717, 1.165) is 10.9 Å². The van der Waals surface area contributed by atoms with Crippen LogP contribution in [0, 0.1) is 6.92 Å². The van der Waals surface area contributed by atoms with E-state index in [9.17, 15) is 18.3 Å². The zero-order valence-corrected chi connectivity index (χ0v) is 15.0. The van der Waals surface area contributed by atoms with Crippen molar-refractivity contribution in [1.82, 2.24) is 14.6 Å². The molecule has 2 aromatic rings. The minimum atomic E-state index is -3.69. The van der Waals surface area contributed by atoms with E-state index in [4.69, 9.17) is 0 Å². The van der Waals surface area contributed by atoms with Crippen molar-refractivity contribution in [2.75, 3.05) is 13.1 Å². The summed E-state index contributed by atoms with van der Waals surface area (Å²) < 4.78 is 27.5. The Bertz CT molecular complexity index is 911. The van der Waals surface area contributed by atoms with Gasteiger partial charge in [-0.15, -0.1) is 0 Å². The van der Waals surface area contributed by atoms with Gasteiger partial charge in [-0.3, -0.25) is 9.78 Å². The summed E-state index contributed by atoms with van der Waals surface area (Å²) in [4.78, 5) is 15.9. The van der Waals surface area contributed by atoms with Crippen LogP contribution in [0.25, 0.3) is 10.8 Å². The molecule has 1 aliphatic rings. The molecule has 0 aliphatic carbocycles. The first-order valence-corrected chi connectivity index (χ1v) is 9.56. The number of aliphatic hydroxyl groups is 1. The highest BCUT2D eigenvalue weighted by molar-refractivity contribution is 7.89. The number of pyridine rings is 1. The van der Waals surface area contributed by atoms with Crippen molar-refractivity contribution < 1.29 is 18.3 Å². The Morgan fingerprint density at radius 2 is 2.12 bits per heavy atom. The van der Waals surface area contributed by atoms with Gasteiger partial charge in [0.2, 0.25) is 15.9 Å². The Labute approximate surface area is 146 Å². The summed E-state index contributed by atoms with van der Waals surface area (Å²) in [6.45, 7) is 3.78. The van der Waals surface area contributed by atoms with Crippen molar-refractivity contribution in [1.29, 1.82) is 0 Å². The third kappa shape index (κ3) is 3.37. The fraction of sp³-hybridized carbons (Fsp3) is 0.412. The van der Waals surface area contributed by atoms with Crippen molar-refractivity contribution >= 4 is 26.7 Å². The summed E-state index contributed by atoms with van der Waals surface area (Å²) in [6, 6.07) is 4.89. The number of carbonyl (C=O) groups excluding carboxylic acids is 1. The monoisotopic (exact) mass is 363 g/mol. The molecular weight excluding hydrogens is 342 g/mol. The number of aliphatic hydroxyl groups excluding tert-OH is 1. The van der Waals surface area contributed by atoms with E-state index >= 15 is 0 Å². The molecule has 0 radical (unpaired) electrons. The molecule has 2 N–H and O–H groups in total. The van der Waals surface area contributed by atoms with Crippen LogP contribution in [0.5, 0.6) is 0 Å². The predicted molar refractivity (Wildman–Crippen MR) is 93.5 cm³/mol. The molecule has 7 nitrogen and oxygen atoms in total. The first-order valence-electron chi connectivity index (χ1n) is 8.12. The van der Waals surface area contributed by atoms with E-state index in [2.05, 4.69) is 10.3 Å². The smallest absolute Gasteiger partial charge is 0.248 e. The van der Waals surface area contributed by atoms with Gasteiger partial charge in [-0.25, -0.2) is 8.42 Å². The van der Waals surface area contributed by atoms with Crippen LogP contribution in [-0.4, -0.2) is 54.0 Å². The van der Waals surface area contributed by atoms with Crippen molar-refractivity contribution in [2.24, 2.45) is 0 Å². The topological polar surface area (TPSA) is 99.6 Å². The zero-order chi connectivity index (χ0) is 18.2. The lowest BCUT2D eigenvalue weighted by Crippen LogP contribution is -2.42. The number of aryl methyl sites for hydroxylation is 1. The van der Waals surface area contributed by atoms with Crippen LogP contribution in [0.4, 0.5) is 0 Å². The van der Waals surface area contributed by atoms with Crippen LogP contribution < -0.4 is 5.32 Å². The molecule has 3 rings (SSSR count). The van der Waals surface area contributed by atoms with Gasteiger partial charge in [0.05, 0.1) is 4.90 Å². The largest absolute Gasteiger partial charge is 0.384 e. The number of rotatable bonds is 4. The van der Waals surface area contributed by atoms with Gasteiger partial charge in [0.1, 0.15) is 6.10 Å². The molecule has 25 heavy (non-hydrogen) atoms. The Hall–Kier alpha value is -2.03. The normalized spacial score (nSPS) is 19.9. The maximum Gasteiger partial charge on any atom is 0.248 e. The average Bonchev–Trinajstić information content (AvgIpc) is 3.04. The maximum atomic E-state index is 13.1. The number of nitrogens with one attached hydrogen (secondary N) is 1. The maximum absolute atomic E-state index is 13.1. The number of hydrogen-bond donors (Lipinski definition) is 2. The van der Waals surface area contributed by atoms with Crippen LogP contribution in [-0.2, 0) is 14.8 Å². The summed E-state index contributed by atoms with van der Waals surface area (Å²) in [6.07, 6.45) is 2.67. The third-order valence-corrected chi connectivity index (χ3v) is 6.38. The van der Waals surface area contributed by atoms with Gasteiger partial charge in [-0.2, -0.15) is 4.31 Å². The first-order chi connectivity index (χ1) is 11.8. The number of fused-ring (bicyclic) bond motifs is 1. The summed E-state index contributed by atoms with van der Waals surface area (Å²) >= 11 is 0. The first kappa shape index (κ1) is 17.8. The quantitative estimate of drug-likeness (QED) is 0.837. The fourth-order valence-electron chi connectivity index (χ4n) is 3.06. The Morgan fingerprint density at radius 3 is 2.84 bits per heavy atom. The lowest BCUT2D eigenvalue weighted by atomic mass is 10.1. The number of nitrogens with zero attached hydrogens (tertiary/aromatic N) is 2. The fourth-order valence-corrected chi connectivity index (χ4v) is 4.76. The predicted octanol–water partition coefficient (Wildman–Crippen LogP) is 0.803. The van der Waals surface area contributed by atoms with Crippen LogP contribution in [0.1, 0.15) is 18.9 Å². The summed E-state index contributed by atoms with van der Waals surface area (Å²) in [5, 5.41) is 13.4. The van der Waals surface area contributed by atoms with E-state index in [-0.39, 0.29) is 17.5 Å². The minimum Gasteiger partial charge on any atom is -0.384 e. The van der Waals surface area contributed by atoms with Gasteiger partial charge in [0.15, 0.2) is 0 Å². The molecular formula is C17H21N3O4S. The number of amides is 1. The lowest BCUT2D eigenvalue weighted by molar-refractivity contribution is -0.129. The highest BCUT2D eigenvalue weighted by Crippen LogP contribution is 2.28. The molecule has 1 aliphatic heterocycles. The Balaban J connectivity index is 1.89. The summed E-state index contributed by atoms with van der Waals surface area (Å²) in [7, 11) is -3.69.